The van der Waals surface area contributed by atoms with Crippen molar-refractivity contribution in [2.75, 3.05) is 13.2 Å². The molecular weight excluding hydrogens is 212 g/mol. The quantitative estimate of drug-likeness (QED) is 0.446. The molecule has 1 atom stereocenters. The summed E-state index contributed by atoms with van der Waals surface area (Å²) >= 11 is 5.80. The van der Waals surface area contributed by atoms with Gasteiger partial charge in [-0.15, -0.1) is 0 Å². The van der Waals surface area contributed by atoms with Crippen molar-refractivity contribution in [2.24, 2.45) is 5.84 Å². The third-order valence-corrected chi connectivity index (χ3v) is 2.36. The molecule has 15 heavy (non-hydrogen) atoms. The number of nitrogens with one attached hydrogen (secondary N) is 1. The Morgan fingerprint density at radius 1 is 1.40 bits per heavy atom. The number of benzene rings is 1. The first-order chi connectivity index (χ1) is 7.27. The minimum atomic E-state index is 0.0221. The highest BCUT2D eigenvalue weighted by atomic mass is 35.5. The van der Waals surface area contributed by atoms with E-state index in [-0.39, 0.29) is 6.04 Å². The van der Waals surface area contributed by atoms with E-state index in [1.807, 2.05) is 24.3 Å². The van der Waals surface area contributed by atoms with Gasteiger partial charge in [-0.25, -0.2) is 0 Å². The van der Waals surface area contributed by atoms with Crippen molar-refractivity contribution in [3.05, 3.63) is 34.9 Å². The molecule has 4 heteroatoms. The zero-order valence-electron chi connectivity index (χ0n) is 8.87. The van der Waals surface area contributed by atoms with Gasteiger partial charge < -0.3 is 4.74 Å². The van der Waals surface area contributed by atoms with Crippen LogP contribution in [0.5, 0.6) is 0 Å². The first-order valence-corrected chi connectivity index (χ1v) is 5.45. The van der Waals surface area contributed by atoms with Gasteiger partial charge in [0.2, 0.25) is 0 Å². The third-order valence-electron chi connectivity index (χ3n) is 2.11. The van der Waals surface area contributed by atoms with Crippen LogP contribution in [0.2, 0.25) is 5.02 Å². The van der Waals surface area contributed by atoms with Crippen LogP contribution in [0.3, 0.4) is 0 Å². The van der Waals surface area contributed by atoms with E-state index in [0.29, 0.717) is 6.61 Å². The average molecular weight is 229 g/mol. The average Bonchev–Trinajstić information content (AvgIpc) is 2.26. The molecule has 1 aromatic carbocycles. The molecule has 84 valence electrons. The summed E-state index contributed by atoms with van der Waals surface area (Å²) in [6, 6.07) is 7.61. The minimum Gasteiger partial charge on any atom is -0.379 e. The monoisotopic (exact) mass is 228 g/mol. The number of rotatable bonds is 6. The molecule has 3 nitrogen and oxygen atoms in total. The topological polar surface area (TPSA) is 47.3 Å². The van der Waals surface area contributed by atoms with Crippen LogP contribution in [0.1, 0.15) is 24.9 Å². The molecular formula is C11H17ClN2O. The Balaban J connectivity index is 2.53. The normalized spacial score (nSPS) is 12.7. The number of nitrogens with two attached hydrogens (primary N) is 1. The number of hydrogen-bond donors (Lipinski definition) is 2. The smallest absolute Gasteiger partial charge is 0.0693 e. The standard InChI is InChI=1S/C11H17ClN2O/c1-2-7-15-8-11(14-13)9-3-5-10(12)6-4-9/h3-6,11,14H,2,7-8,13H2,1H3. The summed E-state index contributed by atoms with van der Waals surface area (Å²) in [5, 5.41) is 0.726. The molecule has 0 spiro atoms. The maximum atomic E-state index is 5.80. The van der Waals surface area contributed by atoms with Gasteiger partial charge in [-0.3, -0.25) is 11.3 Å². The van der Waals surface area contributed by atoms with Gasteiger partial charge in [0.1, 0.15) is 0 Å². The molecule has 3 N–H and O–H groups in total. The molecule has 1 unspecified atom stereocenters. The summed E-state index contributed by atoms with van der Waals surface area (Å²) in [7, 11) is 0. The van der Waals surface area contributed by atoms with Crippen molar-refractivity contribution in [3.63, 3.8) is 0 Å². The predicted molar refractivity (Wildman–Crippen MR) is 62.6 cm³/mol. The zero-order valence-corrected chi connectivity index (χ0v) is 9.63. The fraction of sp³-hybridized carbons (Fsp3) is 0.455. The van der Waals surface area contributed by atoms with Crippen LogP contribution in [0.25, 0.3) is 0 Å². The Hall–Kier alpha value is -0.610. The summed E-state index contributed by atoms with van der Waals surface area (Å²) in [6.45, 7) is 3.41. The molecule has 0 heterocycles. The van der Waals surface area contributed by atoms with Crippen LogP contribution in [0.4, 0.5) is 0 Å². The highest BCUT2D eigenvalue weighted by Gasteiger charge is 2.08. The number of hydrazine groups is 1. The van der Waals surface area contributed by atoms with E-state index in [1.54, 1.807) is 0 Å². The minimum absolute atomic E-state index is 0.0221. The van der Waals surface area contributed by atoms with Crippen LogP contribution in [0, 0.1) is 0 Å². The summed E-state index contributed by atoms with van der Waals surface area (Å²) in [4.78, 5) is 0. The predicted octanol–water partition coefficient (Wildman–Crippen LogP) is 2.27. The third kappa shape index (κ3) is 4.18. The van der Waals surface area contributed by atoms with Crippen molar-refractivity contribution in [1.82, 2.24) is 5.43 Å². The molecule has 0 aromatic heterocycles. The lowest BCUT2D eigenvalue weighted by atomic mass is 10.1. The molecule has 0 aliphatic carbocycles. The molecule has 0 amide bonds. The second-order valence-electron chi connectivity index (χ2n) is 3.35. The molecule has 0 aliphatic rings. The first kappa shape index (κ1) is 12.5. The molecule has 0 saturated carbocycles. The van der Waals surface area contributed by atoms with Crippen LogP contribution in [-0.2, 0) is 4.74 Å². The van der Waals surface area contributed by atoms with E-state index in [4.69, 9.17) is 22.2 Å². The van der Waals surface area contributed by atoms with Crippen molar-refractivity contribution < 1.29 is 4.74 Å². The Morgan fingerprint density at radius 3 is 2.60 bits per heavy atom. The first-order valence-electron chi connectivity index (χ1n) is 5.07. The van der Waals surface area contributed by atoms with Crippen LogP contribution >= 0.6 is 11.6 Å². The summed E-state index contributed by atoms with van der Waals surface area (Å²) < 4.78 is 5.44. The van der Waals surface area contributed by atoms with E-state index in [9.17, 15) is 0 Å². The van der Waals surface area contributed by atoms with Gasteiger partial charge in [-0.1, -0.05) is 30.7 Å². The molecule has 0 aliphatic heterocycles. The van der Waals surface area contributed by atoms with Crippen LogP contribution < -0.4 is 11.3 Å². The summed E-state index contributed by atoms with van der Waals surface area (Å²) in [5.41, 5.74) is 3.81. The SMILES string of the molecule is CCCOCC(NN)c1ccc(Cl)cc1. The van der Waals surface area contributed by atoms with E-state index in [0.717, 1.165) is 23.6 Å². The van der Waals surface area contributed by atoms with E-state index >= 15 is 0 Å². The Labute approximate surface area is 95.5 Å². The lowest BCUT2D eigenvalue weighted by Crippen LogP contribution is -2.31. The van der Waals surface area contributed by atoms with Crippen LogP contribution in [0.15, 0.2) is 24.3 Å². The van der Waals surface area contributed by atoms with Crippen molar-refractivity contribution in [2.45, 2.75) is 19.4 Å². The molecule has 0 saturated heterocycles. The van der Waals surface area contributed by atoms with E-state index < -0.39 is 0 Å². The summed E-state index contributed by atoms with van der Waals surface area (Å²) in [6.07, 6.45) is 1.01. The molecule has 1 rings (SSSR count). The maximum absolute atomic E-state index is 5.80. The second kappa shape index (κ2) is 6.80. The lowest BCUT2D eigenvalue weighted by molar-refractivity contribution is 0.112. The Morgan fingerprint density at radius 2 is 2.07 bits per heavy atom. The van der Waals surface area contributed by atoms with Gasteiger partial charge in [0.05, 0.1) is 12.6 Å². The molecule has 0 fully saturated rings. The lowest BCUT2D eigenvalue weighted by Gasteiger charge is -2.16. The van der Waals surface area contributed by atoms with Gasteiger partial charge in [-0.2, -0.15) is 0 Å². The van der Waals surface area contributed by atoms with Gasteiger partial charge in [-0.05, 0) is 24.1 Å². The van der Waals surface area contributed by atoms with E-state index in [2.05, 4.69) is 12.3 Å². The van der Waals surface area contributed by atoms with Crippen molar-refractivity contribution in [3.8, 4) is 0 Å². The zero-order chi connectivity index (χ0) is 11.1. The van der Waals surface area contributed by atoms with Gasteiger partial charge in [0, 0.05) is 11.6 Å². The fourth-order valence-electron chi connectivity index (χ4n) is 1.28. The van der Waals surface area contributed by atoms with Crippen molar-refractivity contribution >= 4 is 11.6 Å². The van der Waals surface area contributed by atoms with Gasteiger partial charge in [0.25, 0.3) is 0 Å². The van der Waals surface area contributed by atoms with Gasteiger partial charge >= 0.3 is 0 Å². The molecule has 1 aromatic rings. The van der Waals surface area contributed by atoms with Gasteiger partial charge in [0.15, 0.2) is 0 Å². The maximum Gasteiger partial charge on any atom is 0.0693 e. The fourth-order valence-corrected chi connectivity index (χ4v) is 1.41. The second-order valence-corrected chi connectivity index (χ2v) is 3.78. The Bertz CT molecular complexity index is 276. The largest absolute Gasteiger partial charge is 0.379 e. The highest BCUT2D eigenvalue weighted by molar-refractivity contribution is 6.30. The summed E-state index contributed by atoms with van der Waals surface area (Å²) in [5.74, 6) is 5.46. The number of hydrogen-bond acceptors (Lipinski definition) is 3. The Kier molecular flexibility index (Phi) is 5.65. The van der Waals surface area contributed by atoms with Crippen LogP contribution in [-0.4, -0.2) is 13.2 Å². The molecule has 0 radical (unpaired) electrons. The number of halogens is 1. The van der Waals surface area contributed by atoms with Crippen molar-refractivity contribution in [1.29, 1.82) is 0 Å². The van der Waals surface area contributed by atoms with E-state index in [1.165, 1.54) is 0 Å². The highest BCUT2D eigenvalue weighted by Crippen LogP contribution is 2.16. The number of ether oxygens (including phenoxy) is 1. The molecule has 0 bridgehead atoms.